The van der Waals surface area contributed by atoms with E-state index in [2.05, 4.69) is 0 Å². The molecule has 0 aliphatic rings. The van der Waals surface area contributed by atoms with Gasteiger partial charge in [0, 0.05) is 5.56 Å². The quantitative estimate of drug-likeness (QED) is 0.787. The Hall–Kier alpha value is -1.55. The first-order valence-corrected chi connectivity index (χ1v) is 4.68. The summed E-state index contributed by atoms with van der Waals surface area (Å²) in [5, 5.41) is 18.7. The van der Waals surface area contributed by atoms with E-state index in [1.54, 1.807) is 31.2 Å². The van der Waals surface area contributed by atoms with E-state index in [0.29, 0.717) is 12.4 Å². The predicted molar refractivity (Wildman–Crippen MR) is 54.8 cm³/mol. The summed E-state index contributed by atoms with van der Waals surface area (Å²) in [7, 11) is 0. The molecule has 0 bridgehead atoms. The highest BCUT2D eigenvalue weighted by Gasteiger charge is 2.34. The lowest BCUT2D eigenvalue weighted by Gasteiger charge is -2.21. The van der Waals surface area contributed by atoms with Crippen LogP contribution in [0.25, 0.3) is 0 Å². The van der Waals surface area contributed by atoms with Gasteiger partial charge in [0.15, 0.2) is 5.60 Å². The lowest BCUT2D eigenvalue weighted by atomic mass is 9.95. The van der Waals surface area contributed by atoms with Gasteiger partial charge in [-0.05, 0) is 19.9 Å². The van der Waals surface area contributed by atoms with Crippen molar-refractivity contribution in [2.45, 2.75) is 19.4 Å². The fourth-order valence-electron chi connectivity index (χ4n) is 1.27. The van der Waals surface area contributed by atoms with Crippen molar-refractivity contribution in [2.75, 3.05) is 6.61 Å². The molecule has 0 saturated heterocycles. The van der Waals surface area contributed by atoms with Crippen molar-refractivity contribution in [1.82, 2.24) is 0 Å². The van der Waals surface area contributed by atoms with E-state index in [9.17, 15) is 9.90 Å². The van der Waals surface area contributed by atoms with Gasteiger partial charge >= 0.3 is 5.97 Å². The van der Waals surface area contributed by atoms with E-state index in [4.69, 9.17) is 9.84 Å². The van der Waals surface area contributed by atoms with Gasteiger partial charge in [-0.2, -0.15) is 0 Å². The van der Waals surface area contributed by atoms with E-state index >= 15 is 0 Å². The number of carbonyl (C=O) groups is 1. The van der Waals surface area contributed by atoms with E-state index in [0.717, 1.165) is 0 Å². The number of aliphatic hydroxyl groups is 1. The minimum absolute atomic E-state index is 0.263. The molecule has 0 radical (unpaired) electrons. The van der Waals surface area contributed by atoms with Crippen molar-refractivity contribution >= 4 is 5.97 Å². The van der Waals surface area contributed by atoms with Crippen molar-refractivity contribution in [3.05, 3.63) is 29.8 Å². The van der Waals surface area contributed by atoms with Crippen LogP contribution in [0, 0.1) is 0 Å². The van der Waals surface area contributed by atoms with E-state index in [-0.39, 0.29) is 5.56 Å². The fourth-order valence-corrected chi connectivity index (χ4v) is 1.27. The third kappa shape index (κ3) is 2.27. The Morgan fingerprint density at radius 2 is 2.07 bits per heavy atom. The van der Waals surface area contributed by atoms with Crippen LogP contribution in [0.5, 0.6) is 5.75 Å². The molecule has 1 aromatic carbocycles. The number of rotatable bonds is 4. The van der Waals surface area contributed by atoms with Crippen molar-refractivity contribution in [2.24, 2.45) is 0 Å². The zero-order chi connectivity index (χ0) is 11.5. The van der Waals surface area contributed by atoms with E-state index in [1.165, 1.54) is 6.92 Å². The Kier molecular flexibility index (Phi) is 3.31. The van der Waals surface area contributed by atoms with E-state index in [1.807, 2.05) is 0 Å². The van der Waals surface area contributed by atoms with Crippen LogP contribution in [0.2, 0.25) is 0 Å². The lowest BCUT2D eigenvalue weighted by molar-refractivity contribution is -0.157. The number of benzene rings is 1. The molecule has 0 saturated carbocycles. The Bertz CT molecular complexity index is 357. The van der Waals surface area contributed by atoms with E-state index < -0.39 is 11.6 Å². The Labute approximate surface area is 88.1 Å². The maximum absolute atomic E-state index is 10.9. The largest absolute Gasteiger partial charge is 0.493 e. The molecule has 0 heterocycles. The first-order valence-electron chi connectivity index (χ1n) is 4.68. The number of aliphatic carboxylic acids is 1. The second kappa shape index (κ2) is 4.31. The monoisotopic (exact) mass is 210 g/mol. The van der Waals surface area contributed by atoms with Gasteiger partial charge < -0.3 is 14.9 Å². The number of carboxylic acids is 1. The zero-order valence-electron chi connectivity index (χ0n) is 8.73. The van der Waals surface area contributed by atoms with Gasteiger partial charge in [0.25, 0.3) is 0 Å². The maximum Gasteiger partial charge on any atom is 0.340 e. The van der Waals surface area contributed by atoms with Crippen molar-refractivity contribution in [3.8, 4) is 5.75 Å². The maximum atomic E-state index is 10.9. The number of hydrogen-bond acceptors (Lipinski definition) is 3. The second-order valence-corrected chi connectivity index (χ2v) is 3.31. The SMILES string of the molecule is CCOc1ccccc1C(C)(O)C(=O)O. The molecule has 1 rings (SSSR count). The molecule has 82 valence electrons. The third-order valence-corrected chi connectivity index (χ3v) is 2.13. The molecule has 0 amide bonds. The normalized spacial score (nSPS) is 14.3. The van der Waals surface area contributed by atoms with Crippen LogP contribution in [0.1, 0.15) is 19.4 Å². The number of hydrogen-bond donors (Lipinski definition) is 2. The van der Waals surface area contributed by atoms with Crippen molar-refractivity contribution in [3.63, 3.8) is 0 Å². The van der Waals surface area contributed by atoms with Crippen LogP contribution in [0.4, 0.5) is 0 Å². The Morgan fingerprint density at radius 3 is 2.60 bits per heavy atom. The standard InChI is InChI=1S/C11H14O4/c1-3-15-9-7-5-4-6-8(9)11(2,14)10(12)13/h4-7,14H,3H2,1-2H3,(H,12,13). The number of ether oxygens (including phenoxy) is 1. The average Bonchev–Trinajstić information content (AvgIpc) is 2.18. The lowest BCUT2D eigenvalue weighted by Crippen LogP contribution is -2.32. The first-order chi connectivity index (χ1) is 7.00. The van der Waals surface area contributed by atoms with Gasteiger partial charge in [-0.25, -0.2) is 4.79 Å². The summed E-state index contributed by atoms with van der Waals surface area (Å²) >= 11 is 0. The molecule has 4 nitrogen and oxygen atoms in total. The highest BCUT2D eigenvalue weighted by atomic mass is 16.5. The molecule has 0 aliphatic carbocycles. The molecule has 15 heavy (non-hydrogen) atoms. The highest BCUT2D eigenvalue weighted by Crippen LogP contribution is 2.29. The molecule has 4 heteroatoms. The summed E-state index contributed by atoms with van der Waals surface area (Å²) in [6.45, 7) is 3.45. The molecule has 1 atom stereocenters. The number of para-hydroxylation sites is 1. The van der Waals surface area contributed by atoms with Crippen LogP contribution in [-0.2, 0) is 10.4 Å². The smallest absolute Gasteiger partial charge is 0.340 e. The highest BCUT2D eigenvalue weighted by molar-refractivity contribution is 5.79. The molecule has 0 aliphatic heterocycles. The van der Waals surface area contributed by atoms with Gasteiger partial charge in [0.2, 0.25) is 0 Å². The van der Waals surface area contributed by atoms with Crippen LogP contribution in [0.15, 0.2) is 24.3 Å². The minimum Gasteiger partial charge on any atom is -0.493 e. The van der Waals surface area contributed by atoms with Gasteiger partial charge in [-0.15, -0.1) is 0 Å². The molecule has 0 spiro atoms. The van der Waals surface area contributed by atoms with Crippen LogP contribution in [-0.4, -0.2) is 22.8 Å². The third-order valence-electron chi connectivity index (χ3n) is 2.13. The zero-order valence-corrected chi connectivity index (χ0v) is 8.73. The average molecular weight is 210 g/mol. The predicted octanol–water partition coefficient (Wildman–Crippen LogP) is 1.38. The molecule has 2 N–H and O–H groups in total. The summed E-state index contributed by atoms with van der Waals surface area (Å²) in [6.07, 6.45) is 0. The first kappa shape index (κ1) is 11.5. The molecule has 1 unspecified atom stereocenters. The summed E-state index contributed by atoms with van der Waals surface area (Å²) in [5.74, 6) is -0.901. The minimum atomic E-state index is -1.92. The fraction of sp³-hybridized carbons (Fsp3) is 0.364. The number of carboxylic acid groups (broad SMARTS) is 1. The van der Waals surface area contributed by atoms with Crippen molar-refractivity contribution in [1.29, 1.82) is 0 Å². The summed E-state index contributed by atoms with van der Waals surface area (Å²) in [4.78, 5) is 10.9. The molecular formula is C11H14O4. The molecule has 0 fully saturated rings. The summed E-state index contributed by atoms with van der Waals surface area (Å²) in [6, 6.07) is 6.57. The topological polar surface area (TPSA) is 66.8 Å². The molecule has 0 aromatic heterocycles. The van der Waals surface area contributed by atoms with Crippen LogP contribution >= 0.6 is 0 Å². The van der Waals surface area contributed by atoms with Crippen molar-refractivity contribution < 1.29 is 19.7 Å². The van der Waals surface area contributed by atoms with Crippen LogP contribution in [0.3, 0.4) is 0 Å². The molecular weight excluding hydrogens is 196 g/mol. The van der Waals surface area contributed by atoms with Gasteiger partial charge in [0.1, 0.15) is 5.75 Å². The summed E-state index contributed by atoms with van der Waals surface area (Å²) in [5.41, 5.74) is -1.66. The second-order valence-electron chi connectivity index (χ2n) is 3.31. The summed E-state index contributed by atoms with van der Waals surface area (Å²) < 4.78 is 5.25. The molecule has 1 aromatic rings. The van der Waals surface area contributed by atoms with Gasteiger partial charge in [0.05, 0.1) is 6.61 Å². The van der Waals surface area contributed by atoms with Crippen LogP contribution < -0.4 is 4.74 Å². The van der Waals surface area contributed by atoms with Gasteiger partial charge in [-0.1, -0.05) is 18.2 Å². The van der Waals surface area contributed by atoms with Gasteiger partial charge in [-0.3, -0.25) is 0 Å². The Morgan fingerprint density at radius 1 is 1.47 bits per heavy atom. The Balaban J connectivity index is 3.18.